The molecule has 4 aromatic rings. The van der Waals surface area contributed by atoms with Gasteiger partial charge in [0.1, 0.15) is 11.4 Å². The third-order valence-corrected chi connectivity index (χ3v) is 6.74. The summed E-state index contributed by atoms with van der Waals surface area (Å²) >= 11 is 0. The van der Waals surface area contributed by atoms with Gasteiger partial charge in [-0.1, -0.05) is 0 Å². The second kappa shape index (κ2) is 11.6. The largest absolute Gasteiger partial charge is 0.444 e. The van der Waals surface area contributed by atoms with Crippen LogP contribution in [-0.4, -0.2) is 74.6 Å². The number of hydrogen-bond acceptors (Lipinski definition) is 7. The number of piperazine rings is 1. The zero-order valence-corrected chi connectivity index (χ0v) is 23.8. The summed E-state index contributed by atoms with van der Waals surface area (Å²) in [6, 6.07) is 11.8. The summed E-state index contributed by atoms with van der Waals surface area (Å²) < 4.78 is 36.7. The summed E-state index contributed by atoms with van der Waals surface area (Å²) in [5.41, 5.74) is 3.63. The highest BCUT2D eigenvalue weighted by Gasteiger charge is 2.28. The number of nitrogens with zero attached hydrogens (tertiary/aromatic N) is 5. The van der Waals surface area contributed by atoms with Crippen molar-refractivity contribution in [1.82, 2.24) is 24.2 Å². The number of ether oxygens (including phenoxy) is 2. The minimum atomic E-state index is -2.89. The van der Waals surface area contributed by atoms with Crippen LogP contribution in [0, 0.1) is 6.92 Å². The number of amides is 2. The van der Waals surface area contributed by atoms with E-state index in [-0.39, 0.29) is 17.7 Å². The van der Waals surface area contributed by atoms with E-state index in [0.717, 1.165) is 22.5 Å². The fourth-order valence-electron chi connectivity index (χ4n) is 4.74. The molecular formula is C30H32F2N6O4. The first-order valence-corrected chi connectivity index (χ1v) is 13.5. The van der Waals surface area contributed by atoms with E-state index in [9.17, 15) is 18.4 Å². The number of anilines is 2. The van der Waals surface area contributed by atoms with Crippen molar-refractivity contribution in [3.8, 4) is 17.0 Å². The Morgan fingerprint density at radius 1 is 0.976 bits per heavy atom. The van der Waals surface area contributed by atoms with E-state index in [4.69, 9.17) is 4.74 Å². The van der Waals surface area contributed by atoms with E-state index in [1.54, 1.807) is 46.6 Å². The van der Waals surface area contributed by atoms with Gasteiger partial charge in [0, 0.05) is 55.4 Å². The van der Waals surface area contributed by atoms with E-state index in [1.807, 2.05) is 44.2 Å². The first-order valence-electron chi connectivity index (χ1n) is 13.5. The number of halogens is 2. The summed E-state index contributed by atoms with van der Waals surface area (Å²) in [6.07, 6.45) is 4.71. The lowest BCUT2D eigenvalue weighted by molar-refractivity contribution is -0.0498. The van der Waals surface area contributed by atoms with Crippen LogP contribution in [0.5, 0.6) is 5.75 Å². The van der Waals surface area contributed by atoms with Crippen molar-refractivity contribution >= 4 is 29.2 Å². The molecule has 2 amide bonds. The minimum absolute atomic E-state index is 0.0759. The van der Waals surface area contributed by atoms with Crippen LogP contribution < -0.4 is 10.1 Å². The van der Waals surface area contributed by atoms with Gasteiger partial charge < -0.3 is 24.6 Å². The Morgan fingerprint density at radius 3 is 2.31 bits per heavy atom. The Bertz CT molecular complexity index is 1590. The average molecular weight is 579 g/mol. The monoisotopic (exact) mass is 578 g/mol. The molecule has 1 saturated heterocycles. The summed E-state index contributed by atoms with van der Waals surface area (Å²) in [4.78, 5) is 38.0. The van der Waals surface area contributed by atoms with E-state index >= 15 is 0 Å². The van der Waals surface area contributed by atoms with E-state index in [1.165, 1.54) is 12.1 Å². The number of aryl methyl sites for hydroxylation is 1. The van der Waals surface area contributed by atoms with Crippen LogP contribution in [0.3, 0.4) is 0 Å². The molecule has 1 aliphatic heterocycles. The van der Waals surface area contributed by atoms with Crippen molar-refractivity contribution in [1.29, 1.82) is 0 Å². The van der Waals surface area contributed by atoms with Crippen molar-refractivity contribution in [2.24, 2.45) is 0 Å². The van der Waals surface area contributed by atoms with Crippen LogP contribution in [0.4, 0.5) is 25.1 Å². The van der Waals surface area contributed by atoms with Crippen molar-refractivity contribution in [2.75, 3.05) is 31.5 Å². The second-order valence-electron chi connectivity index (χ2n) is 10.9. The van der Waals surface area contributed by atoms with Crippen LogP contribution >= 0.6 is 0 Å². The number of alkyl halides is 2. The molecule has 220 valence electrons. The lowest BCUT2D eigenvalue weighted by Gasteiger charge is -2.35. The Labute approximate surface area is 241 Å². The van der Waals surface area contributed by atoms with Crippen LogP contribution in [-0.2, 0) is 4.74 Å². The van der Waals surface area contributed by atoms with Crippen molar-refractivity contribution in [3.05, 3.63) is 72.2 Å². The van der Waals surface area contributed by atoms with Gasteiger partial charge in [0.05, 0.1) is 11.9 Å². The molecule has 0 radical (unpaired) electrons. The van der Waals surface area contributed by atoms with Crippen molar-refractivity contribution < 1.29 is 27.8 Å². The normalized spacial score (nSPS) is 13.9. The van der Waals surface area contributed by atoms with Crippen molar-refractivity contribution in [2.45, 2.75) is 39.9 Å². The van der Waals surface area contributed by atoms with Gasteiger partial charge in [-0.2, -0.15) is 8.78 Å². The highest BCUT2D eigenvalue weighted by Crippen LogP contribution is 2.28. The number of benzene rings is 2. The first kappa shape index (κ1) is 28.8. The number of imidazole rings is 1. The molecule has 0 unspecified atom stereocenters. The molecule has 0 atom stereocenters. The fourth-order valence-corrected chi connectivity index (χ4v) is 4.74. The van der Waals surface area contributed by atoms with Gasteiger partial charge in [0.2, 0.25) is 0 Å². The molecular weight excluding hydrogens is 546 g/mol. The number of aromatic nitrogens is 3. The standard InChI is InChI=1S/C30H32F2N6O4/c1-19-17-21(7-10-23(19)27(39)36-13-15-37(16-14-36)29(40)42-30(2,3)4)35-25-26-34-18-24(38(26)12-11-33-25)20-5-8-22(9-6-20)41-28(31)32/h5-12,17-18,28H,13-16H2,1-4H3,(H,33,35). The number of carbonyl (C=O) groups is 2. The van der Waals surface area contributed by atoms with Crippen LogP contribution in [0.2, 0.25) is 0 Å². The highest BCUT2D eigenvalue weighted by atomic mass is 19.3. The lowest BCUT2D eigenvalue weighted by atomic mass is 10.1. The Balaban J connectivity index is 1.27. The molecule has 0 spiro atoms. The summed E-state index contributed by atoms with van der Waals surface area (Å²) in [6.45, 7) is 6.14. The van der Waals surface area contributed by atoms with Gasteiger partial charge >= 0.3 is 12.7 Å². The highest BCUT2D eigenvalue weighted by molar-refractivity contribution is 5.96. The zero-order valence-electron chi connectivity index (χ0n) is 23.8. The molecule has 5 rings (SSSR count). The van der Waals surface area contributed by atoms with Gasteiger partial charge in [-0.3, -0.25) is 9.20 Å². The van der Waals surface area contributed by atoms with Crippen LogP contribution in [0.25, 0.3) is 16.9 Å². The molecule has 1 aliphatic rings. The average Bonchev–Trinajstić information content (AvgIpc) is 3.37. The summed E-state index contributed by atoms with van der Waals surface area (Å²) in [7, 11) is 0. The van der Waals surface area contributed by atoms with Gasteiger partial charge in [-0.25, -0.2) is 14.8 Å². The van der Waals surface area contributed by atoms with Crippen LogP contribution in [0.15, 0.2) is 61.1 Å². The number of rotatable bonds is 6. The van der Waals surface area contributed by atoms with Crippen molar-refractivity contribution in [3.63, 3.8) is 0 Å². The topological polar surface area (TPSA) is 101 Å². The predicted molar refractivity (Wildman–Crippen MR) is 153 cm³/mol. The third kappa shape index (κ3) is 6.42. The molecule has 12 heteroatoms. The molecule has 1 fully saturated rings. The third-order valence-electron chi connectivity index (χ3n) is 6.74. The van der Waals surface area contributed by atoms with E-state index < -0.39 is 12.2 Å². The van der Waals surface area contributed by atoms with Gasteiger partial charge in [-0.15, -0.1) is 0 Å². The van der Waals surface area contributed by atoms with Gasteiger partial charge in [0.15, 0.2) is 11.5 Å². The van der Waals surface area contributed by atoms with Gasteiger partial charge in [-0.05, 0) is 75.7 Å². The van der Waals surface area contributed by atoms with E-state index in [2.05, 4.69) is 20.0 Å². The summed E-state index contributed by atoms with van der Waals surface area (Å²) in [5.74, 6) is 0.496. The number of hydrogen-bond donors (Lipinski definition) is 1. The molecule has 0 saturated carbocycles. The Kier molecular flexibility index (Phi) is 7.97. The number of nitrogens with one attached hydrogen (secondary N) is 1. The molecule has 2 aromatic carbocycles. The maximum atomic E-state index is 13.3. The SMILES string of the molecule is Cc1cc(Nc2nccn3c(-c4ccc(OC(F)F)cc4)cnc23)ccc1C(=O)N1CCN(C(=O)OC(C)(C)C)CC1. The smallest absolute Gasteiger partial charge is 0.410 e. The number of carbonyl (C=O) groups excluding carboxylic acids is 2. The maximum Gasteiger partial charge on any atom is 0.410 e. The lowest BCUT2D eigenvalue weighted by Crippen LogP contribution is -2.51. The summed E-state index contributed by atoms with van der Waals surface area (Å²) in [5, 5.41) is 3.28. The molecule has 2 aromatic heterocycles. The van der Waals surface area contributed by atoms with Gasteiger partial charge in [0.25, 0.3) is 5.91 Å². The molecule has 0 bridgehead atoms. The molecule has 3 heterocycles. The maximum absolute atomic E-state index is 13.3. The molecule has 1 N–H and O–H groups in total. The minimum Gasteiger partial charge on any atom is -0.444 e. The predicted octanol–water partition coefficient (Wildman–Crippen LogP) is 5.74. The second-order valence-corrected chi connectivity index (χ2v) is 10.9. The number of fused-ring (bicyclic) bond motifs is 1. The fraction of sp³-hybridized carbons (Fsp3) is 0.333. The quantitative estimate of drug-likeness (QED) is 0.311. The van der Waals surface area contributed by atoms with E-state index in [0.29, 0.717) is 43.2 Å². The molecule has 42 heavy (non-hydrogen) atoms. The Hall–Kier alpha value is -4.74. The Morgan fingerprint density at radius 2 is 1.67 bits per heavy atom. The molecule has 0 aliphatic carbocycles. The first-order chi connectivity index (χ1) is 20.0. The zero-order chi connectivity index (χ0) is 30.0. The van der Waals surface area contributed by atoms with Crippen LogP contribution in [0.1, 0.15) is 36.7 Å². The molecule has 10 nitrogen and oxygen atoms in total.